The van der Waals surface area contributed by atoms with Crippen molar-refractivity contribution in [3.8, 4) is 0 Å². The van der Waals surface area contributed by atoms with Crippen LogP contribution < -0.4 is 5.32 Å². The monoisotopic (exact) mass is 274 g/mol. The van der Waals surface area contributed by atoms with Gasteiger partial charge in [-0.25, -0.2) is 0 Å². The number of likely N-dealkylation sites (tertiary alicyclic amines) is 1. The molecule has 1 atom stereocenters. The Bertz CT molecular complexity index is 199. The Morgan fingerprint density at radius 1 is 1.00 bits per heavy atom. The van der Waals surface area contributed by atoms with Crippen LogP contribution in [-0.4, -0.2) is 77.3 Å². The highest BCUT2D eigenvalue weighted by molar-refractivity contribution is 4.74. The summed E-state index contributed by atoms with van der Waals surface area (Å²) in [5, 5.41) is 3.45. The second-order valence-electron chi connectivity index (χ2n) is 5.01. The molecule has 0 aromatic heterocycles. The predicted molar refractivity (Wildman–Crippen MR) is 76.7 cm³/mol. The zero-order chi connectivity index (χ0) is 13.8. The molecule has 0 radical (unpaired) electrons. The third kappa shape index (κ3) is 8.55. The molecular formula is C14H30N2O3. The van der Waals surface area contributed by atoms with Crippen LogP contribution in [0, 0.1) is 0 Å². The Balaban J connectivity index is 1.78. The third-order valence-corrected chi connectivity index (χ3v) is 3.43. The Morgan fingerprint density at radius 2 is 1.63 bits per heavy atom. The number of hydrogen-bond donors (Lipinski definition) is 1. The van der Waals surface area contributed by atoms with Gasteiger partial charge in [-0.2, -0.15) is 0 Å². The summed E-state index contributed by atoms with van der Waals surface area (Å²) in [6.07, 6.45) is 2.72. The van der Waals surface area contributed by atoms with Crippen LogP contribution in [-0.2, 0) is 14.2 Å². The molecule has 0 spiro atoms. The van der Waals surface area contributed by atoms with Crippen molar-refractivity contribution >= 4 is 0 Å². The molecule has 0 aromatic rings. The first-order valence-electron chi connectivity index (χ1n) is 7.43. The molecule has 1 saturated heterocycles. The summed E-state index contributed by atoms with van der Waals surface area (Å²) in [6, 6.07) is 0.639. The first kappa shape index (κ1) is 16.9. The Hall–Kier alpha value is -0.200. The molecule has 19 heavy (non-hydrogen) atoms. The molecule has 1 aliphatic heterocycles. The molecule has 5 heteroatoms. The standard InChI is InChI=1S/C14H30N2O3/c1-14(16-6-3-4-7-16)13-15-5-8-18-11-12-19-10-9-17-2/h14-15H,3-13H2,1-2H3. The smallest absolute Gasteiger partial charge is 0.0701 e. The van der Waals surface area contributed by atoms with Gasteiger partial charge in [0, 0.05) is 26.2 Å². The number of ether oxygens (including phenoxy) is 3. The molecule has 114 valence electrons. The molecule has 0 aromatic carbocycles. The predicted octanol–water partition coefficient (Wildman–Crippen LogP) is 0.740. The van der Waals surface area contributed by atoms with Crippen molar-refractivity contribution in [2.24, 2.45) is 0 Å². The topological polar surface area (TPSA) is 43.0 Å². The average molecular weight is 274 g/mol. The normalized spacial score (nSPS) is 18.0. The Labute approximate surface area is 117 Å². The summed E-state index contributed by atoms with van der Waals surface area (Å²) in [5.74, 6) is 0. The highest BCUT2D eigenvalue weighted by Gasteiger charge is 2.16. The number of rotatable bonds is 12. The van der Waals surface area contributed by atoms with E-state index >= 15 is 0 Å². The van der Waals surface area contributed by atoms with E-state index in [-0.39, 0.29) is 0 Å². The highest BCUT2D eigenvalue weighted by atomic mass is 16.5. The fraction of sp³-hybridized carbons (Fsp3) is 1.00. The van der Waals surface area contributed by atoms with Gasteiger partial charge in [0.1, 0.15) is 0 Å². The van der Waals surface area contributed by atoms with Crippen molar-refractivity contribution < 1.29 is 14.2 Å². The quantitative estimate of drug-likeness (QED) is 0.532. The van der Waals surface area contributed by atoms with Gasteiger partial charge in [-0.1, -0.05) is 0 Å². The fourth-order valence-electron chi connectivity index (χ4n) is 2.23. The first-order chi connectivity index (χ1) is 9.34. The summed E-state index contributed by atoms with van der Waals surface area (Å²) in [5.41, 5.74) is 0. The van der Waals surface area contributed by atoms with Gasteiger partial charge in [0.25, 0.3) is 0 Å². The van der Waals surface area contributed by atoms with Gasteiger partial charge in [0.05, 0.1) is 33.0 Å². The van der Waals surface area contributed by atoms with E-state index in [0.717, 1.165) is 19.7 Å². The van der Waals surface area contributed by atoms with E-state index in [0.29, 0.717) is 32.5 Å². The maximum absolute atomic E-state index is 5.48. The molecule has 0 aliphatic carbocycles. The van der Waals surface area contributed by atoms with E-state index in [9.17, 15) is 0 Å². The van der Waals surface area contributed by atoms with Crippen LogP contribution in [0.25, 0.3) is 0 Å². The number of hydrogen-bond acceptors (Lipinski definition) is 5. The van der Waals surface area contributed by atoms with Gasteiger partial charge in [-0.15, -0.1) is 0 Å². The van der Waals surface area contributed by atoms with Crippen molar-refractivity contribution in [2.75, 3.05) is 66.3 Å². The molecular weight excluding hydrogens is 244 g/mol. The van der Waals surface area contributed by atoms with Crippen LogP contribution in [0.5, 0.6) is 0 Å². The minimum Gasteiger partial charge on any atom is -0.382 e. The van der Waals surface area contributed by atoms with E-state index in [1.54, 1.807) is 7.11 Å². The van der Waals surface area contributed by atoms with Crippen LogP contribution in [0.2, 0.25) is 0 Å². The fourth-order valence-corrected chi connectivity index (χ4v) is 2.23. The molecule has 1 fully saturated rings. The average Bonchev–Trinajstić information content (AvgIpc) is 2.95. The molecule has 5 nitrogen and oxygen atoms in total. The number of methoxy groups -OCH3 is 1. The van der Waals surface area contributed by atoms with E-state index in [4.69, 9.17) is 14.2 Å². The lowest BCUT2D eigenvalue weighted by Gasteiger charge is -2.23. The second-order valence-corrected chi connectivity index (χ2v) is 5.01. The molecule has 1 aliphatic rings. The van der Waals surface area contributed by atoms with Crippen LogP contribution >= 0.6 is 0 Å². The van der Waals surface area contributed by atoms with E-state index in [2.05, 4.69) is 17.1 Å². The summed E-state index contributed by atoms with van der Waals surface area (Å²) in [4.78, 5) is 2.55. The summed E-state index contributed by atoms with van der Waals surface area (Å²) >= 11 is 0. The maximum atomic E-state index is 5.48. The number of nitrogens with zero attached hydrogens (tertiary/aromatic N) is 1. The third-order valence-electron chi connectivity index (χ3n) is 3.43. The van der Waals surface area contributed by atoms with Crippen LogP contribution in [0.1, 0.15) is 19.8 Å². The zero-order valence-electron chi connectivity index (χ0n) is 12.5. The molecule has 1 N–H and O–H groups in total. The zero-order valence-corrected chi connectivity index (χ0v) is 12.5. The highest BCUT2D eigenvalue weighted by Crippen LogP contribution is 2.10. The van der Waals surface area contributed by atoms with Crippen LogP contribution in [0.15, 0.2) is 0 Å². The van der Waals surface area contributed by atoms with Crippen molar-refractivity contribution in [1.29, 1.82) is 0 Å². The van der Waals surface area contributed by atoms with Crippen LogP contribution in [0.4, 0.5) is 0 Å². The molecule has 1 heterocycles. The molecule has 0 saturated carbocycles. The lowest BCUT2D eigenvalue weighted by molar-refractivity contribution is 0.0254. The van der Waals surface area contributed by atoms with Gasteiger partial charge in [0.15, 0.2) is 0 Å². The van der Waals surface area contributed by atoms with Crippen molar-refractivity contribution in [1.82, 2.24) is 10.2 Å². The maximum Gasteiger partial charge on any atom is 0.0701 e. The van der Waals surface area contributed by atoms with Gasteiger partial charge < -0.3 is 19.5 Å². The SMILES string of the molecule is COCCOCCOCCNCC(C)N1CCCC1. The van der Waals surface area contributed by atoms with Crippen LogP contribution in [0.3, 0.4) is 0 Å². The van der Waals surface area contributed by atoms with Gasteiger partial charge >= 0.3 is 0 Å². The lowest BCUT2D eigenvalue weighted by Crippen LogP contribution is -2.39. The van der Waals surface area contributed by atoms with E-state index < -0.39 is 0 Å². The first-order valence-corrected chi connectivity index (χ1v) is 7.43. The summed E-state index contributed by atoms with van der Waals surface area (Å²) in [7, 11) is 1.68. The Kier molecular flexibility index (Phi) is 10.3. The molecule has 1 rings (SSSR count). The van der Waals surface area contributed by atoms with Crippen molar-refractivity contribution in [2.45, 2.75) is 25.8 Å². The van der Waals surface area contributed by atoms with Gasteiger partial charge in [0.2, 0.25) is 0 Å². The Morgan fingerprint density at radius 3 is 2.32 bits per heavy atom. The largest absolute Gasteiger partial charge is 0.382 e. The van der Waals surface area contributed by atoms with Gasteiger partial charge in [-0.3, -0.25) is 4.90 Å². The minimum absolute atomic E-state index is 0.639. The summed E-state index contributed by atoms with van der Waals surface area (Å²) in [6.45, 7) is 10.1. The van der Waals surface area contributed by atoms with Gasteiger partial charge in [-0.05, 0) is 32.9 Å². The molecule has 1 unspecified atom stereocenters. The number of nitrogens with one attached hydrogen (secondary N) is 1. The van der Waals surface area contributed by atoms with Crippen molar-refractivity contribution in [3.05, 3.63) is 0 Å². The van der Waals surface area contributed by atoms with E-state index in [1.165, 1.54) is 25.9 Å². The molecule has 0 bridgehead atoms. The van der Waals surface area contributed by atoms with E-state index in [1.807, 2.05) is 0 Å². The molecule has 0 amide bonds. The summed E-state index contributed by atoms with van der Waals surface area (Å²) < 4.78 is 15.7. The lowest BCUT2D eigenvalue weighted by atomic mass is 10.3. The van der Waals surface area contributed by atoms with Crippen molar-refractivity contribution in [3.63, 3.8) is 0 Å². The minimum atomic E-state index is 0.639. The second kappa shape index (κ2) is 11.6.